The molecule has 0 saturated heterocycles. The Bertz CT molecular complexity index is 815. The Hall–Kier alpha value is -2.34. The second-order valence-electron chi connectivity index (χ2n) is 5.24. The Balaban J connectivity index is 1.95. The number of fused-ring (bicyclic) bond motifs is 1. The number of phenolic OH excluding ortho intramolecular Hbond substituents is 1. The van der Waals surface area contributed by atoms with Crippen LogP contribution >= 0.6 is 11.6 Å². The van der Waals surface area contributed by atoms with E-state index in [1.807, 2.05) is 30.5 Å². The lowest BCUT2D eigenvalue weighted by atomic mass is 10.2. The van der Waals surface area contributed by atoms with Crippen molar-refractivity contribution in [2.75, 3.05) is 5.32 Å². The first kappa shape index (κ1) is 14.6. The van der Waals surface area contributed by atoms with Crippen LogP contribution in [0.2, 0.25) is 5.28 Å². The zero-order valence-electron chi connectivity index (χ0n) is 12.3. The molecule has 1 aromatic carbocycles. The second kappa shape index (κ2) is 5.81. The van der Waals surface area contributed by atoms with E-state index in [9.17, 15) is 5.11 Å². The number of imidazole rings is 1. The monoisotopic (exact) mass is 317 g/mol. The van der Waals surface area contributed by atoms with Crippen LogP contribution in [0.3, 0.4) is 0 Å². The van der Waals surface area contributed by atoms with Gasteiger partial charge < -0.3 is 15.0 Å². The normalized spacial score (nSPS) is 11.3. The maximum absolute atomic E-state index is 9.81. The molecule has 0 unspecified atom stereocenters. The van der Waals surface area contributed by atoms with Gasteiger partial charge in [-0.15, -0.1) is 0 Å². The van der Waals surface area contributed by atoms with Crippen LogP contribution < -0.4 is 5.32 Å². The SMILES string of the molecule is CC(C)n1cnc2c(NCc3ccccc3O)nc(Cl)nc21. The van der Waals surface area contributed by atoms with Crippen molar-refractivity contribution in [2.45, 2.75) is 26.4 Å². The number of para-hydroxylation sites is 1. The topological polar surface area (TPSA) is 75.9 Å². The van der Waals surface area contributed by atoms with Gasteiger partial charge in [0.1, 0.15) is 5.75 Å². The van der Waals surface area contributed by atoms with Crippen LogP contribution in [0.4, 0.5) is 5.82 Å². The van der Waals surface area contributed by atoms with Crippen LogP contribution in [0.25, 0.3) is 11.2 Å². The number of aromatic nitrogens is 4. The maximum Gasteiger partial charge on any atom is 0.226 e. The highest BCUT2D eigenvalue weighted by molar-refractivity contribution is 6.28. The molecule has 7 heteroatoms. The van der Waals surface area contributed by atoms with Gasteiger partial charge in [0.2, 0.25) is 5.28 Å². The number of nitrogens with one attached hydrogen (secondary N) is 1. The molecule has 6 nitrogen and oxygen atoms in total. The number of nitrogens with zero attached hydrogens (tertiary/aromatic N) is 4. The van der Waals surface area contributed by atoms with Crippen molar-refractivity contribution in [2.24, 2.45) is 0 Å². The molecule has 0 aliphatic carbocycles. The van der Waals surface area contributed by atoms with Gasteiger partial charge in [-0.3, -0.25) is 0 Å². The summed E-state index contributed by atoms with van der Waals surface area (Å²) in [6.45, 7) is 4.52. The lowest BCUT2D eigenvalue weighted by molar-refractivity contribution is 0.469. The van der Waals surface area contributed by atoms with Crippen LogP contribution in [0.5, 0.6) is 5.75 Å². The highest BCUT2D eigenvalue weighted by Gasteiger charge is 2.14. The fourth-order valence-electron chi connectivity index (χ4n) is 2.23. The average Bonchev–Trinajstić information content (AvgIpc) is 2.90. The first-order valence-corrected chi connectivity index (χ1v) is 7.35. The van der Waals surface area contributed by atoms with Crippen molar-refractivity contribution in [3.63, 3.8) is 0 Å². The standard InChI is InChI=1S/C15H16ClN5O/c1-9(2)21-8-18-12-13(19-15(16)20-14(12)21)17-7-10-5-3-4-6-11(10)22/h3-6,8-9,22H,7H2,1-2H3,(H,17,19,20). The lowest BCUT2D eigenvalue weighted by Crippen LogP contribution is -2.05. The number of hydrogen-bond donors (Lipinski definition) is 2. The molecule has 0 aliphatic rings. The number of aromatic hydroxyl groups is 1. The minimum atomic E-state index is 0.162. The van der Waals surface area contributed by atoms with Gasteiger partial charge in [-0.2, -0.15) is 9.97 Å². The molecule has 0 bridgehead atoms. The Labute approximate surface area is 132 Å². The van der Waals surface area contributed by atoms with Crippen LogP contribution in [-0.4, -0.2) is 24.6 Å². The van der Waals surface area contributed by atoms with Gasteiger partial charge in [-0.25, -0.2) is 4.98 Å². The van der Waals surface area contributed by atoms with Crippen LogP contribution in [-0.2, 0) is 6.54 Å². The number of hydrogen-bond acceptors (Lipinski definition) is 5. The second-order valence-corrected chi connectivity index (χ2v) is 5.58. The minimum Gasteiger partial charge on any atom is -0.508 e. The summed E-state index contributed by atoms with van der Waals surface area (Å²) >= 11 is 6.02. The van der Waals surface area contributed by atoms with Gasteiger partial charge in [0.15, 0.2) is 17.0 Å². The number of phenols is 1. The van der Waals surface area contributed by atoms with Crippen molar-refractivity contribution >= 4 is 28.6 Å². The van der Waals surface area contributed by atoms with Crippen molar-refractivity contribution < 1.29 is 5.11 Å². The minimum absolute atomic E-state index is 0.162. The summed E-state index contributed by atoms with van der Waals surface area (Å²) in [6.07, 6.45) is 1.73. The summed E-state index contributed by atoms with van der Waals surface area (Å²) in [4.78, 5) is 12.8. The van der Waals surface area contributed by atoms with E-state index in [0.717, 1.165) is 5.56 Å². The van der Waals surface area contributed by atoms with E-state index in [2.05, 4.69) is 20.3 Å². The van der Waals surface area contributed by atoms with Gasteiger partial charge in [-0.05, 0) is 31.5 Å². The molecule has 0 fully saturated rings. The summed E-state index contributed by atoms with van der Waals surface area (Å²) in [6, 6.07) is 7.36. The third kappa shape index (κ3) is 2.69. The Morgan fingerprint density at radius 1 is 1.27 bits per heavy atom. The molecule has 0 spiro atoms. The van der Waals surface area contributed by atoms with Gasteiger partial charge in [-0.1, -0.05) is 18.2 Å². The van der Waals surface area contributed by atoms with Crippen LogP contribution in [0, 0.1) is 0 Å². The highest BCUT2D eigenvalue weighted by Crippen LogP contribution is 2.24. The Kier molecular flexibility index (Phi) is 3.85. The third-order valence-electron chi connectivity index (χ3n) is 3.39. The molecule has 0 radical (unpaired) electrons. The van der Waals surface area contributed by atoms with Crippen LogP contribution in [0.15, 0.2) is 30.6 Å². The quantitative estimate of drug-likeness (QED) is 0.721. The van der Waals surface area contributed by atoms with E-state index in [1.54, 1.807) is 18.5 Å². The number of rotatable bonds is 4. The fourth-order valence-corrected chi connectivity index (χ4v) is 2.39. The van der Waals surface area contributed by atoms with Crippen LogP contribution in [0.1, 0.15) is 25.5 Å². The molecule has 2 N–H and O–H groups in total. The summed E-state index contributed by atoms with van der Waals surface area (Å²) in [5, 5.41) is 13.1. The predicted molar refractivity (Wildman–Crippen MR) is 86.2 cm³/mol. The molecule has 114 valence electrons. The summed E-state index contributed by atoms with van der Waals surface area (Å²) < 4.78 is 1.94. The molecule has 0 aliphatic heterocycles. The molecule has 22 heavy (non-hydrogen) atoms. The smallest absolute Gasteiger partial charge is 0.226 e. The van der Waals surface area contributed by atoms with E-state index in [-0.39, 0.29) is 17.1 Å². The average molecular weight is 318 g/mol. The van der Waals surface area contributed by atoms with Gasteiger partial charge in [0.05, 0.1) is 6.33 Å². The molecule has 3 aromatic rings. The van der Waals surface area contributed by atoms with Crippen molar-refractivity contribution in [1.29, 1.82) is 0 Å². The third-order valence-corrected chi connectivity index (χ3v) is 3.56. The van der Waals surface area contributed by atoms with E-state index in [1.165, 1.54) is 0 Å². The summed E-state index contributed by atoms with van der Waals surface area (Å²) in [7, 11) is 0. The maximum atomic E-state index is 9.81. The number of benzene rings is 1. The first-order chi connectivity index (χ1) is 10.6. The van der Waals surface area contributed by atoms with Crippen molar-refractivity contribution in [3.8, 4) is 5.75 Å². The molecule has 0 atom stereocenters. The Morgan fingerprint density at radius 3 is 2.77 bits per heavy atom. The molecule has 3 rings (SSSR count). The molecule has 0 amide bonds. The van der Waals surface area contributed by atoms with E-state index in [0.29, 0.717) is 23.5 Å². The first-order valence-electron chi connectivity index (χ1n) is 6.97. The van der Waals surface area contributed by atoms with E-state index in [4.69, 9.17) is 11.6 Å². The van der Waals surface area contributed by atoms with Gasteiger partial charge in [0, 0.05) is 18.2 Å². The largest absolute Gasteiger partial charge is 0.508 e. The summed E-state index contributed by atoms with van der Waals surface area (Å²) in [5.41, 5.74) is 2.12. The molecular weight excluding hydrogens is 302 g/mol. The highest BCUT2D eigenvalue weighted by atomic mass is 35.5. The van der Waals surface area contributed by atoms with Gasteiger partial charge in [0.25, 0.3) is 0 Å². The Morgan fingerprint density at radius 2 is 2.05 bits per heavy atom. The predicted octanol–water partition coefficient (Wildman–Crippen LogP) is 3.38. The molecular formula is C15H16ClN5O. The van der Waals surface area contributed by atoms with E-state index < -0.39 is 0 Å². The van der Waals surface area contributed by atoms with Gasteiger partial charge >= 0.3 is 0 Å². The zero-order valence-corrected chi connectivity index (χ0v) is 13.0. The molecule has 2 aromatic heterocycles. The lowest BCUT2D eigenvalue weighted by Gasteiger charge is -2.10. The van der Waals surface area contributed by atoms with Crippen molar-refractivity contribution in [3.05, 3.63) is 41.4 Å². The molecule has 2 heterocycles. The fraction of sp³-hybridized carbons (Fsp3) is 0.267. The number of anilines is 1. The number of halogens is 1. The summed E-state index contributed by atoms with van der Waals surface area (Å²) in [5.74, 6) is 0.789. The van der Waals surface area contributed by atoms with Crippen molar-refractivity contribution in [1.82, 2.24) is 19.5 Å². The molecule has 0 saturated carbocycles. The van der Waals surface area contributed by atoms with E-state index >= 15 is 0 Å². The zero-order chi connectivity index (χ0) is 15.7.